The lowest BCUT2D eigenvalue weighted by molar-refractivity contribution is -0.895. The number of nitro groups is 1. The van der Waals surface area contributed by atoms with Crippen LogP contribution in [0.3, 0.4) is 0 Å². The Morgan fingerprint density at radius 1 is 1.17 bits per heavy atom. The Morgan fingerprint density at radius 3 is 2.50 bits per heavy atom. The second-order valence-corrected chi connectivity index (χ2v) is 9.48. The van der Waals surface area contributed by atoms with E-state index in [-0.39, 0.29) is 30.4 Å². The number of nitro benzene ring substituents is 1. The molecular weight excluding hydrogens is 455 g/mol. The third kappa shape index (κ3) is 5.08. The van der Waals surface area contributed by atoms with Crippen LogP contribution >= 0.6 is 23.2 Å². The van der Waals surface area contributed by atoms with Crippen LogP contribution < -0.4 is 10.2 Å². The van der Waals surface area contributed by atoms with Gasteiger partial charge in [-0.3, -0.25) is 14.9 Å². The van der Waals surface area contributed by atoms with Crippen molar-refractivity contribution < 1.29 is 23.0 Å². The van der Waals surface area contributed by atoms with Gasteiger partial charge < -0.3 is 10.2 Å². The molecule has 2 aromatic carbocycles. The van der Waals surface area contributed by atoms with E-state index in [1.165, 1.54) is 28.6 Å². The van der Waals surface area contributed by atoms with Crippen LogP contribution in [0.1, 0.15) is 0 Å². The molecule has 0 saturated carbocycles. The number of hydrogen-bond donors (Lipinski definition) is 2. The summed E-state index contributed by atoms with van der Waals surface area (Å²) in [5.41, 5.74) is -0.0452. The van der Waals surface area contributed by atoms with Crippen LogP contribution in [0.15, 0.2) is 47.4 Å². The van der Waals surface area contributed by atoms with E-state index in [4.69, 9.17) is 23.2 Å². The van der Waals surface area contributed by atoms with Crippen molar-refractivity contribution in [2.24, 2.45) is 0 Å². The molecular formula is C18H19Cl2N4O5S+. The fraction of sp³-hybridized carbons (Fsp3) is 0.278. The Morgan fingerprint density at radius 2 is 1.83 bits per heavy atom. The van der Waals surface area contributed by atoms with Crippen LogP contribution in [0, 0.1) is 10.1 Å². The molecule has 0 bridgehead atoms. The summed E-state index contributed by atoms with van der Waals surface area (Å²) >= 11 is 12.0. The van der Waals surface area contributed by atoms with Gasteiger partial charge >= 0.3 is 0 Å². The number of piperazine rings is 1. The number of nitrogens with zero attached hydrogens (tertiary/aromatic N) is 2. The normalized spacial score (nSPS) is 15.7. The maximum atomic E-state index is 12.9. The third-order valence-corrected chi connectivity index (χ3v) is 7.23. The summed E-state index contributed by atoms with van der Waals surface area (Å²) < 4.78 is 26.9. The first-order chi connectivity index (χ1) is 14.2. The van der Waals surface area contributed by atoms with Crippen LogP contribution in [-0.4, -0.2) is 56.3 Å². The van der Waals surface area contributed by atoms with Gasteiger partial charge in [0.1, 0.15) is 0 Å². The highest BCUT2D eigenvalue weighted by Gasteiger charge is 2.35. The predicted molar refractivity (Wildman–Crippen MR) is 113 cm³/mol. The molecule has 0 aromatic heterocycles. The number of quaternary nitrogens is 1. The number of hydrogen-bond acceptors (Lipinski definition) is 5. The van der Waals surface area contributed by atoms with Gasteiger partial charge in [0.25, 0.3) is 11.6 Å². The zero-order valence-electron chi connectivity index (χ0n) is 15.7. The standard InChI is InChI=1S/C18H18Cl2N4O5S/c19-13-5-6-14(20)15(11-13)21-18(25)12-22-7-9-23(10-8-22)30(28,29)17-4-2-1-3-16(17)24(26)27/h1-6,11H,7-10,12H2,(H,21,25)/p+1. The monoisotopic (exact) mass is 473 g/mol. The molecule has 0 unspecified atom stereocenters. The molecule has 12 heteroatoms. The fourth-order valence-corrected chi connectivity index (χ4v) is 5.14. The van der Waals surface area contributed by atoms with Crippen molar-refractivity contribution in [2.45, 2.75) is 4.90 Å². The van der Waals surface area contributed by atoms with Crippen LogP contribution in [0.4, 0.5) is 11.4 Å². The lowest BCUT2D eigenvalue weighted by atomic mass is 10.3. The molecule has 0 radical (unpaired) electrons. The largest absolute Gasteiger partial charge is 0.325 e. The number of nitrogens with one attached hydrogen (secondary N) is 2. The predicted octanol–water partition coefficient (Wildman–Crippen LogP) is 1.43. The Hall–Kier alpha value is -2.24. The molecule has 2 aromatic rings. The van der Waals surface area contributed by atoms with E-state index in [9.17, 15) is 23.3 Å². The van der Waals surface area contributed by atoms with Crippen molar-refractivity contribution in [3.8, 4) is 0 Å². The van der Waals surface area contributed by atoms with Crippen molar-refractivity contribution in [1.29, 1.82) is 0 Å². The van der Waals surface area contributed by atoms with Gasteiger partial charge in [-0.15, -0.1) is 0 Å². The van der Waals surface area contributed by atoms with Gasteiger partial charge in [-0.25, -0.2) is 8.42 Å². The van der Waals surface area contributed by atoms with E-state index in [1.54, 1.807) is 18.2 Å². The fourth-order valence-electron chi connectivity index (χ4n) is 3.20. The number of para-hydroxylation sites is 1. The second kappa shape index (κ2) is 9.27. The average Bonchev–Trinajstić information content (AvgIpc) is 2.71. The number of sulfonamides is 1. The molecule has 9 nitrogen and oxygen atoms in total. The van der Waals surface area contributed by atoms with Gasteiger partial charge in [0.05, 0.1) is 41.8 Å². The summed E-state index contributed by atoms with van der Waals surface area (Å²) in [6.07, 6.45) is 0. The van der Waals surface area contributed by atoms with Crippen molar-refractivity contribution >= 4 is 50.5 Å². The lowest BCUT2D eigenvalue weighted by Gasteiger charge is -2.31. The number of benzene rings is 2. The quantitative estimate of drug-likeness (QED) is 0.486. The molecule has 2 N–H and O–H groups in total. The van der Waals surface area contributed by atoms with E-state index in [0.29, 0.717) is 28.8 Å². The topological polar surface area (TPSA) is 114 Å². The van der Waals surface area contributed by atoms with Gasteiger partial charge in [-0.05, 0) is 24.3 Å². The minimum absolute atomic E-state index is 0.127. The van der Waals surface area contributed by atoms with E-state index >= 15 is 0 Å². The maximum absolute atomic E-state index is 12.9. The molecule has 1 aliphatic heterocycles. The van der Waals surface area contributed by atoms with Crippen molar-refractivity contribution in [1.82, 2.24) is 4.31 Å². The minimum Gasteiger partial charge on any atom is -0.325 e. The number of carbonyl (C=O) groups is 1. The first-order valence-corrected chi connectivity index (χ1v) is 11.2. The Bertz CT molecular complexity index is 1070. The zero-order valence-corrected chi connectivity index (χ0v) is 18.0. The average molecular weight is 474 g/mol. The van der Waals surface area contributed by atoms with E-state index in [0.717, 1.165) is 4.90 Å². The van der Waals surface area contributed by atoms with Gasteiger partial charge in [0.15, 0.2) is 11.4 Å². The van der Waals surface area contributed by atoms with Crippen molar-refractivity contribution in [3.05, 3.63) is 62.6 Å². The molecule has 0 aliphatic carbocycles. The zero-order chi connectivity index (χ0) is 21.9. The Balaban J connectivity index is 1.61. The Kier molecular flexibility index (Phi) is 6.94. The highest BCUT2D eigenvalue weighted by Crippen LogP contribution is 2.26. The highest BCUT2D eigenvalue weighted by atomic mass is 35.5. The summed E-state index contributed by atoms with van der Waals surface area (Å²) in [5, 5.41) is 14.7. The lowest BCUT2D eigenvalue weighted by Crippen LogP contribution is -3.15. The molecule has 30 heavy (non-hydrogen) atoms. The van der Waals surface area contributed by atoms with E-state index < -0.39 is 20.6 Å². The van der Waals surface area contributed by atoms with Crippen LogP contribution in [0.25, 0.3) is 0 Å². The first-order valence-electron chi connectivity index (χ1n) is 9.00. The van der Waals surface area contributed by atoms with Crippen LogP contribution in [0.2, 0.25) is 10.0 Å². The number of halogens is 2. The van der Waals surface area contributed by atoms with Gasteiger partial charge in [-0.2, -0.15) is 4.31 Å². The summed E-state index contributed by atoms with van der Waals surface area (Å²) in [5.74, 6) is -0.274. The molecule has 0 spiro atoms. The number of amides is 1. The number of rotatable bonds is 6. The summed E-state index contributed by atoms with van der Waals surface area (Å²) in [6, 6.07) is 10.0. The SMILES string of the molecule is O=C(C[NH+]1CCN(S(=O)(=O)c2ccccc2[N+](=O)[O-])CC1)Nc1cc(Cl)ccc1Cl. The van der Waals surface area contributed by atoms with E-state index in [1.807, 2.05) is 0 Å². The first kappa shape index (κ1) is 22.4. The molecule has 1 aliphatic rings. The smallest absolute Gasteiger partial charge is 0.289 e. The Labute approximate surface area is 183 Å². The molecule has 160 valence electrons. The van der Waals surface area contributed by atoms with E-state index in [2.05, 4.69) is 5.32 Å². The number of carbonyl (C=O) groups excluding carboxylic acids is 1. The highest BCUT2D eigenvalue weighted by molar-refractivity contribution is 7.89. The molecule has 1 heterocycles. The van der Waals surface area contributed by atoms with Gasteiger partial charge in [-0.1, -0.05) is 35.3 Å². The minimum atomic E-state index is -4.00. The van der Waals surface area contributed by atoms with Crippen molar-refractivity contribution in [3.63, 3.8) is 0 Å². The van der Waals surface area contributed by atoms with Crippen LogP contribution in [0.5, 0.6) is 0 Å². The van der Waals surface area contributed by atoms with Crippen molar-refractivity contribution in [2.75, 3.05) is 38.0 Å². The maximum Gasteiger partial charge on any atom is 0.289 e. The second-order valence-electron chi connectivity index (χ2n) is 6.73. The van der Waals surface area contributed by atoms with Gasteiger partial charge in [0, 0.05) is 11.1 Å². The molecule has 1 saturated heterocycles. The summed E-state index contributed by atoms with van der Waals surface area (Å²) in [6.45, 7) is 1.19. The summed E-state index contributed by atoms with van der Waals surface area (Å²) in [4.78, 5) is 23.4. The third-order valence-electron chi connectivity index (χ3n) is 4.72. The van der Waals surface area contributed by atoms with Gasteiger partial charge in [0.2, 0.25) is 10.0 Å². The number of anilines is 1. The molecule has 0 atom stereocenters. The molecule has 1 amide bonds. The molecule has 1 fully saturated rings. The van der Waals surface area contributed by atoms with Crippen LogP contribution in [-0.2, 0) is 14.8 Å². The molecule has 3 rings (SSSR count). The summed E-state index contributed by atoms with van der Waals surface area (Å²) in [7, 11) is -4.00.